The minimum atomic E-state index is -2.18. The van der Waals surface area contributed by atoms with Crippen LogP contribution in [0.15, 0.2) is 47.4 Å². The highest BCUT2D eigenvalue weighted by molar-refractivity contribution is 7.80. The molecule has 0 radical (unpaired) electrons. The van der Waals surface area contributed by atoms with Gasteiger partial charge in [0.05, 0.1) is 17.5 Å². The molecule has 0 spiro atoms. The van der Waals surface area contributed by atoms with E-state index in [1.807, 2.05) is 6.92 Å². The van der Waals surface area contributed by atoms with E-state index < -0.39 is 40.0 Å². The summed E-state index contributed by atoms with van der Waals surface area (Å²) in [5.41, 5.74) is 2.62. The number of carbonyl (C=O) groups is 2. The number of benzene rings is 3. The van der Waals surface area contributed by atoms with Crippen molar-refractivity contribution in [1.29, 1.82) is 0 Å². The molecule has 3 aromatic carbocycles. The number of phenols is 1. The second-order valence-electron chi connectivity index (χ2n) is 10.2. The van der Waals surface area contributed by atoms with Crippen molar-refractivity contribution in [3.8, 4) is 5.75 Å². The molecule has 1 fully saturated rings. The fraction of sp³-hybridized carbons (Fsp3) is 0.355. The van der Waals surface area contributed by atoms with Crippen LogP contribution in [0.4, 0.5) is 27.6 Å². The van der Waals surface area contributed by atoms with Crippen LogP contribution in [0, 0.1) is 29.1 Å². The molecule has 232 valence electrons. The number of hydrogen-bond acceptors (Lipinski definition) is 5. The van der Waals surface area contributed by atoms with Crippen LogP contribution in [-0.2, 0) is 11.3 Å². The van der Waals surface area contributed by atoms with E-state index in [0.29, 0.717) is 24.6 Å². The third kappa shape index (κ3) is 8.05. The van der Waals surface area contributed by atoms with Gasteiger partial charge in [-0.2, -0.15) is 0 Å². The summed E-state index contributed by atoms with van der Waals surface area (Å²) in [5.74, 6) is -11.1. The number of nitrogens with zero attached hydrogens (tertiary/aromatic N) is 1. The summed E-state index contributed by atoms with van der Waals surface area (Å²) in [6.45, 7) is 2.27. The highest BCUT2D eigenvalue weighted by Gasteiger charge is 2.25. The first-order valence-corrected chi connectivity index (χ1v) is 14.2. The number of carboxylic acids is 1. The molecule has 43 heavy (non-hydrogen) atoms. The predicted molar refractivity (Wildman–Crippen MR) is 155 cm³/mol. The molecule has 12 heteroatoms. The van der Waals surface area contributed by atoms with Crippen LogP contribution in [0.2, 0.25) is 0 Å². The number of carboxylic acid groups (broad SMARTS) is 1. The average molecular weight is 625 g/mol. The standard InChI is InChI=1S/C25H32N2O4.C6HF5S/c1-3-22(26-2)24(29)27(20-13-14-21(25(30)31)23(28)15-20)16-17-9-11-19(12-10-17)18-7-5-4-6-8-18;7-1-2(8)4(10)6(12)5(11)3(1)9/h9-15,18,22,26,28H,3-8,16H2,1-2H3,(H,30,31);12H. The smallest absolute Gasteiger partial charge is 0.339 e. The quantitative estimate of drug-likeness (QED) is 0.0912. The Kier molecular flexibility index (Phi) is 12.0. The van der Waals surface area contributed by atoms with Crippen molar-refractivity contribution in [3.63, 3.8) is 0 Å². The van der Waals surface area contributed by atoms with Crippen molar-refractivity contribution in [2.24, 2.45) is 0 Å². The first-order valence-electron chi connectivity index (χ1n) is 13.7. The molecule has 0 bridgehead atoms. The van der Waals surface area contributed by atoms with Crippen LogP contribution in [0.5, 0.6) is 5.75 Å². The van der Waals surface area contributed by atoms with Crippen LogP contribution < -0.4 is 10.2 Å². The number of aromatic hydroxyl groups is 1. The molecule has 1 amide bonds. The number of thiol groups is 1. The molecular weight excluding hydrogens is 591 g/mol. The van der Waals surface area contributed by atoms with E-state index >= 15 is 0 Å². The van der Waals surface area contributed by atoms with E-state index in [-0.39, 0.29) is 23.3 Å². The first kappa shape index (κ1) is 33.9. The highest BCUT2D eigenvalue weighted by Crippen LogP contribution is 2.33. The van der Waals surface area contributed by atoms with Crippen molar-refractivity contribution in [3.05, 3.63) is 88.2 Å². The van der Waals surface area contributed by atoms with Crippen molar-refractivity contribution in [2.75, 3.05) is 11.9 Å². The fourth-order valence-corrected chi connectivity index (χ4v) is 5.16. The van der Waals surface area contributed by atoms with Crippen LogP contribution in [-0.4, -0.2) is 35.2 Å². The number of likely N-dealkylation sites (N-methyl/N-ethyl adjacent to an activating group) is 1. The van der Waals surface area contributed by atoms with Gasteiger partial charge in [-0.1, -0.05) is 50.5 Å². The zero-order valence-corrected chi connectivity index (χ0v) is 24.5. The van der Waals surface area contributed by atoms with Gasteiger partial charge in [-0.15, -0.1) is 12.6 Å². The molecule has 3 N–H and O–H groups in total. The normalized spacial score (nSPS) is 14.0. The molecule has 0 aliphatic heterocycles. The lowest BCUT2D eigenvalue weighted by atomic mass is 9.84. The minimum Gasteiger partial charge on any atom is -0.507 e. The maximum atomic E-state index is 13.2. The topological polar surface area (TPSA) is 89.9 Å². The molecule has 1 unspecified atom stereocenters. The van der Waals surface area contributed by atoms with Crippen molar-refractivity contribution in [2.45, 2.75) is 68.8 Å². The number of aromatic carboxylic acids is 1. The lowest BCUT2D eigenvalue weighted by molar-refractivity contribution is -0.120. The van der Waals surface area contributed by atoms with Gasteiger partial charge in [-0.25, -0.2) is 26.7 Å². The Hall–Kier alpha value is -3.64. The van der Waals surface area contributed by atoms with E-state index in [4.69, 9.17) is 0 Å². The second kappa shape index (κ2) is 15.2. The Morgan fingerprint density at radius 3 is 1.98 bits per heavy atom. The summed E-state index contributed by atoms with van der Waals surface area (Å²) in [4.78, 5) is 24.9. The molecular formula is C31H33F5N2O4S. The monoisotopic (exact) mass is 624 g/mol. The summed E-state index contributed by atoms with van der Waals surface area (Å²) in [6, 6.07) is 12.3. The van der Waals surface area contributed by atoms with Gasteiger partial charge >= 0.3 is 5.97 Å². The minimum absolute atomic E-state index is 0.121. The third-order valence-electron chi connectivity index (χ3n) is 7.43. The largest absolute Gasteiger partial charge is 0.507 e. The molecule has 1 aliphatic rings. The van der Waals surface area contributed by atoms with Crippen molar-refractivity contribution in [1.82, 2.24) is 5.32 Å². The Bertz CT molecular complexity index is 1340. The highest BCUT2D eigenvalue weighted by atomic mass is 32.1. The Labute approximate surface area is 251 Å². The number of nitrogens with one attached hydrogen (secondary N) is 1. The molecule has 0 aromatic heterocycles. The number of amides is 1. The molecule has 1 saturated carbocycles. The predicted octanol–water partition coefficient (Wildman–Crippen LogP) is 7.34. The first-order chi connectivity index (χ1) is 20.4. The maximum absolute atomic E-state index is 13.2. The summed E-state index contributed by atoms with van der Waals surface area (Å²) < 4.78 is 61.3. The van der Waals surface area contributed by atoms with Crippen LogP contribution in [0.1, 0.15) is 72.9 Å². The molecule has 0 saturated heterocycles. The molecule has 6 nitrogen and oxygen atoms in total. The Balaban J connectivity index is 0.000000353. The number of halogens is 5. The summed E-state index contributed by atoms with van der Waals surface area (Å²) >= 11 is 3.10. The lowest BCUT2D eigenvalue weighted by Crippen LogP contribution is -2.44. The molecule has 0 heterocycles. The summed E-state index contributed by atoms with van der Waals surface area (Å²) in [5, 5.41) is 22.4. The van der Waals surface area contributed by atoms with Crippen LogP contribution >= 0.6 is 12.6 Å². The number of hydrogen-bond donors (Lipinski definition) is 4. The van der Waals surface area contributed by atoms with E-state index in [0.717, 1.165) is 5.56 Å². The van der Waals surface area contributed by atoms with Gasteiger partial charge in [0.1, 0.15) is 11.3 Å². The zero-order chi connectivity index (χ0) is 31.8. The van der Waals surface area contributed by atoms with Gasteiger partial charge in [0, 0.05) is 11.8 Å². The average Bonchev–Trinajstić information content (AvgIpc) is 3.02. The van der Waals surface area contributed by atoms with E-state index in [1.165, 1.54) is 49.8 Å². The Morgan fingerprint density at radius 1 is 0.930 bits per heavy atom. The SMILES string of the molecule is CCC(NC)C(=O)N(Cc1ccc(C2CCCCC2)cc1)c1ccc(C(=O)O)c(O)c1.Fc1c(F)c(F)c(S)c(F)c1F. The zero-order valence-electron chi connectivity index (χ0n) is 23.6. The molecule has 4 rings (SSSR count). The van der Waals surface area contributed by atoms with Gasteiger partial charge < -0.3 is 20.4 Å². The van der Waals surface area contributed by atoms with Gasteiger partial charge in [0.25, 0.3) is 0 Å². The molecule has 1 atom stereocenters. The van der Waals surface area contributed by atoms with Gasteiger partial charge in [0.15, 0.2) is 23.3 Å². The number of anilines is 1. The summed E-state index contributed by atoms with van der Waals surface area (Å²) in [6.07, 6.45) is 6.98. The van der Waals surface area contributed by atoms with E-state index in [9.17, 15) is 41.8 Å². The van der Waals surface area contributed by atoms with Gasteiger partial charge in [-0.05, 0) is 55.5 Å². The Morgan fingerprint density at radius 2 is 1.49 bits per heavy atom. The number of carbonyl (C=O) groups excluding carboxylic acids is 1. The van der Waals surface area contributed by atoms with Crippen molar-refractivity contribution < 1.29 is 41.8 Å². The second-order valence-corrected chi connectivity index (χ2v) is 10.6. The molecule has 1 aliphatic carbocycles. The third-order valence-corrected chi connectivity index (χ3v) is 7.82. The molecule has 3 aromatic rings. The van der Waals surface area contributed by atoms with E-state index in [2.05, 4.69) is 42.2 Å². The van der Waals surface area contributed by atoms with Gasteiger partial charge in [-0.3, -0.25) is 4.79 Å². The number of rotatable bonds is 8. The summed E-state index contributed by atoms with van der Waals surface area (Å²) in [7, 11) is 1.74. The van der Waals surface area contributed by atoms with E-state index in [1.54, 1.807) is 18.0 Å². The van der Waals surface area contributed by atoms with Crippen molar-refractivity contribution >= 4 is 30.2 Å². The maximum Gasteiger partial charge on any atom is 0.339 e. The van der Waals surface area contributed by atoms with Crippen LogP contribution in [0.25, 0.3) is 0 Å². The van der Waals surface area contributed by atoms with Crippen LogP contribution in [0.3, 0.4) is 0 Å². The lowest BCUT2D eigenvalue weighted by Gasteiger charge is -2.28. The fourth-order valence-electron chi connectivity index (χ4n) is 4.96. The van der Waals surface area contributed by atoms with Gasteiger partial charge in [0.2, 0.25) is 11.7 Å².